The third kappa shape index (κ3) is 1.72. The van der Waals surface area contributed by atoms with Gasteiger partial charge in [0.05, 0.1) is 11.4 Å². The molecule has 0 spiro atoms. The summed E-state index contributed by atoms with van der Waals surface area (Å²) in [5.74, 6) is 0.855. The minimum Gasteiger partial charge on any atom is -0.314 e. The minimum atomic E-state index is 0.850. The van der Waals surface area contributed by atoms with Crippen molar-refractivity contribution in [1.29, 1.82) is 0 Å². The Balaban J connectivity index is 2.58. The summed E-state index contributed by atoms with van der Waals surface area (Å²) in [5, 5.41) is 16.1. The molecule has 2 rings (SSSR count). The molecule has 2 heterocycles. The van der Waals surface area contributed by atoms with Gasteiger partial charge in [0.1, 0.15) is 6.33 Å². The zero-order chi connectivity index (χ0) is 10.8. The lowest BCUT2D eigenvalue weighted by Gasteiger charge is -2.05. The van der Waals surface area contributed by atoms with Gasteiger partial charge in [-0.2, -0.15) is 10.2 Å². The zero-order valence-electron chi connectivity index (χ0n) is 9.10. The largest absolute Gasteiger partial charge is 0.314 e. The van der Waals surface area contributed by atoms with Crippen LogP contribution in [0.1, 0.15) is 18.3 Å². The van der Waals surface area contributed by atoms with Gasteiger partial charge in [0.15, 0.2) is 5.82 Å². The van der Waals surface area contributed by atoms with Crippen LogP contribution >= 0.6 is 0 Å². The van der Waals surface area contributed by atoms with Gasteiger partial charge in [-0.1, -0.05) is 0 Å². The van der Waals surface area contributed by atoms with E-state index in [1.54, 1.807) is 6.33 Å². The molecule has 0 aliphatic carbocycles. The molecule has 0 amide bonds. The van der Waals surface area contributed by atoms with Crippen molar-refractivity contribution in [3.63, 3.8) is 0 Å². The quantitative estimate of drug-likeness (QED) is 0.739. The van der Waals surface area contributed by atoms with Gasteiger partial charge in [-0.3, -0.25) is 0 Å². The van der Waals surface area contributed by atoms with Crippen molar-refractivity contribution in [1.82, 2.24) is 25.0 Å². The Hall–Kier alpha value is -1.78. The molecule has 0 N–H and O–H groups in total. The fourth-order valence-electron chi connectivity index (χ4n) is 1.47. The van der Waals surface area contributed by atoms with E-state index >= 15 is 0 Å². The van der Waals surface area contributed by atoms with Gasteiger partial charge in [-0.15, -0.1) is 10.2 Å². The first-order valence-electron chi connectivity index (χ1n) is 4.91. The van der Waals surface area contributed by atoms with E-state index < -0.39 is 0 Å². The highest BCUT2D eigenvalue weighted by Gasteiger charge is 2.10. The molecule has 0 saturated carbocycles. The van der Waals surface area contributed by atoms with Gasteiger partial charge in [-0.05, 0) is 26.8 Å². The second kappa shape index (κ2) is 3.76. The smallest absolute Gasteiger partial charge is 0.165 e. The fourth-order valence-corrected chi connectivity index (χ4v) is 1.47. The highest BCUT2D eigenvalue weighted by Crippen LogP contribution is 2.19. The van der Waals surface area contributed by atoms with Crippen molar-refractivity contribution in [2.75, 3.05) is 0 Å². The molecule has 0 bridgehead atoms. The van der Waals surface area contributed by atoms with Crippen LogP contribution in [-0.4, -0.2) is 25.0 Å². The lowest BCUT2D eigenvalue weighted by molar-refractivity contribution is 0.764. The van der Waals surface area contributed by atoms with Gasteiger partial charge in [0, 0.05) is 12.1 Å². The second-order valence-corrected chi connectivity index (χ2v) is 3.43. The van der Waals surface area contributed by atoms with E-state index in [0.717, 1.165) is 29.3 Å². The average molecular weight is 203 g/mol. The lowest BCUT2D eigenvalue weighted by Crippen LogP contribution is -2.00. The zero-order valence-corrected chi connectivity index (χ0v) is 9.10. The van der Waals surface area contributed by atoms with Crippen LogP contribution in [0, 0.1) is 13.8 Å². The number of rotatable bonds is 2. The maximum atomic E-state index is 4.10. The average Bonchev–Trinajstić information content (AvgIpc) is 2.69. The van der Waals surface area contributed by atoms with Gasteiger partial charge in [-0.25, -0.2) is 0 Å². The highest BCUT2D eigenvalue weighted by atomic mass is 15.3. The van der Waals surface area contributed by atoms with Gasteiger partial charge >= 0.3 is 0 Å². The predicted octanol–water partition coefficient (Wildman–Crippen LogP) is 1.37. The summed E-state index contributed by atoms with van der Waals surface area (Å²) in [4.78, 5) is 0. The van der Waals surface area contributed by atoms with Crippen LogP contribution in [0.4, 0.5) is 0 Å². The van der Waals surface area contributed by atoms with Crippen LogP contribution in [0.25, 0.3) is 11.4 Å². The summed E-state index contributed by atoms with van der Waals surface area (Å²) in [5.41, 5.74) is 2.77. The van der Waals surface area contributed by atoms with E-state index in [-0.39, 0.29) is 0 Å². The summed E-state index contributed by atoms with van der Waals surface area (Å²) in [7, 11) is 0. The monoisotopic (exact) mass is 203 g/mol. The molecule has 0 fully saturated rings. The molecular weight excluding hydrogens is 190 g/mol. The first-order valence-corrected chi connectivity index (χ1v) is 4.91. The minimum absolute atomic E-state index is 0.850. The Morgan fingerprint density at radius 3 is 2.73 bits per heavy atom. The standard InChI is InChI=1S/C10H13N5/c1-4-15-6-11-14-10(15)9-5-7(2)12-13-8(9)3/h5-6H,4H2,1-3H3. The number of hydrogen-bond donors (Lipinski definition) is 0. The molecule has 0 radical (unpaired) electrons. The molecule has 0 atom stereocenters. The molecule has 5 heteroatoms. The van der Waals surface area contributed by atoms with E-state index in [4.69, 9.17) is 0 Å². The van der Waals surface area contributed by atoms with E-state index in [1.807, 2.05) is 24.5 Å². The van der Waals surface area contributed by atoms with Crippen LogP contribution in [0.3, 0.4) is 0 Å². The molecular formula is C10H13N5. The van der Waals surface area contributed by atoms with Crippen LogP contribution in [0.15, 0.2) is 12.4 Å². The van der Waals surface area contributed by atoms with Crippen LogP contribution in [0.2, 0.25) is 0 Å². The van der Waals surface area contributed by atoms with Crippen molar-refractivity contribution >= 4 is 0 Å². The molecule has 0 aromatic carbocycles. The number of nitrogens with zero attached hydrogens (tertiary/aromatic N) is 5. The first kappa shape index (κ1) is 9.76. The van der Waals surface area contributed by atoms with Crippen molar-refractivity contribution in [3.05, 3.63) is 23.8 Å². The van der Waals surface area contributed by atoms with Gasteiger partial charge in [0.2, 0.25) is 0 Å². The summed E-state index contributed by atoms with van der Waals surface area (Å²) < 4.78 is 1.99. The van der Waals surface area contributed by atoms with E-state index in [1.165, 1.54) is 0 Å². The molecule has 5 nitrogen and oxygen atoms in total. The Kier molecular flexibility index (Phi) is 2.45. The maximum Gasteiger partial charge on any atom is 0.165 e. The van der Waals surface area contributed by atoms with Gasteiger partial charge < -0.3 is 4.57 Å². The number of hydrogen-bond acceptors (Lipinski definition) is 4. The Bertz CT molecular complexity index is 474. The Labute approximate surface area is 88.2 Å². The Morgan fingerprint density at radius 1 is 1.20 bits per heavy atom. The molecule has 0 aliphatic heterocycles. The molecule has 0 aliphatic rings. The lowest BCUT2D eigenvalue weighted by atomic mass is 10.2. The van der Waals surface area contributed by atoms with E-state index in [0.29, 0.717) is 0 Å². The molecule has 0 saturated heterocycles. The first-order chi connectivity index (χ1) is 7.22. The summed E-state index contributed by atoms with van der Waals surface area (Å²) in [6.07, 6.45) is 1.73. The fraction of sp³-hybridized carbons (Fsp3) is 0.400. The molecule has 15 heavy (non-hydrogen) atoms. The Morgan fingerprint density at radius 2 is 2.00 bits per heavy atom. The SMILES string of the molecule is CCn1cnnc1-c1cc(C)nnc1C. The maximum absolute atomic E-state index is 4.10. The number of aromatic nitrogens is 5. The van der Waals surface area contributed by atoms with E-state index in [2.05, 4.69) is 27.3 Å². The second-order valence-electron chi connectivity index (χ2n) is 3.43. The van der Waals surface area contributed by atoms with Crippen molar-refractivity contribution in [2.45, 2.75) is 27.3 Å². The predicted molar refractivity (Wildman–Crippen MR) is 56.2 cm³/mol. The normalized spacial score (nSPS) is 10.6. The summed E-state index contributed by atoms with van der Waals surface area (Å²) in [6.45, 7) is 6.76. The molecule has 78 valence electrons. The van der Waals surface area contributed by atoms with Crippen LogP contribution < -0.4 is 0 Å². The molecule has 2 aromatic rings. The third-order valence-electron chi connectivity index (χ3n) is 2.30. The summed E-state index contributed by atoms with van der Waals surface area (Å²) >= 11 is 0. The summed E-state index contributed by atoms with van der Waals surface area (Å²) in [6, 6.07) is 1.98. The van der Waals surface area contributed by atoms with Crippen molar-refractivity contribution < 1.29 is 0 Å². The highest BCUT2D eigenvalue weighted by molar-refractivity contribution is 5.57. The number of aryl methyl sites for hydroxylation is 3. The molecule has 0 unspecified atom stereocenters. The van der Waals surface area contributed by atoms with Crippen LogP contribution in [-0.2, 0) is 6.54 Å². The van der Waals surface area contributed by atoms with Gasteiger partial charge in [0.25, 0.3) is 0 Å². The van der Waals surface area contributed by atoms with Crippen LogP contribution in [0.5, 0.6) is 0 Å². The van der Waals surface area contributed by atoms with Crippen molar-refractivity contribution in [2.24, 2.45) is 0 Å². The topological polar surface area (TPSA) is 56.5 Å². The van der Waals surface area contributed by atoms with Crippen molar-refractivity contribution in [3.8, 4) is 11.4 Å². The van der Waals surface area contributed by atoms with E-state index in [9.17, 15) is 0 Å². The molecule has 2 aromatic heterocycles. The third-order valence-corrected chi connectivity index (χ3v) is 2.30.